The van der Waals surface area contributed by atoms with Gasteiger partial charge in [0, 0.05) is 31.2 Å². The van der Waals surface area contributed by atoms with Crippen LogP contribution in [0.25, 0.3) is 0 Å². The van der Waals surface area contributed by atoms with Crippen molar-refractivity contribution in [1.29, 1.82) is 0 Å². The summed E-state index contributed by atoms with van der Waals surface area (Å²) in [6.45, 7) is 5.70. The molecule has 4 heteroatoms. The molecule has 0 aromatic carbocycles. The van der Waals surface area contributed by atoms with Crippen molar-refractivity contribution in [3.8, 4) is 0 Å². The fourth-order valence-electron chi connectivity index (χ4n) is 3.59. The van der Waals surface area contributed by atoms with Gasteiger partial charge in [0.1, 0.15) is 0 Å². The highest BCUT2D eigenvalue weighted by Crippen LogP contribution is 2.16. The van der Waals surface area contributed by atoms with Crippen LogP contribution in [0.4, 0.5) is 0 Å². The van der Waals surface area contributed by atoms with E-state index in [1.165, 1.54) is 101 Å². The van der Waals surface area contributed by atoms with Crippen LogP contribution in [0.2, 0.25) is 0 Å². The molecule has 1 atom stereocenters. The van der Waals surface area contributed by atoms with Crippen molar-refractivity contribution in [3.05, 3.63) is 12.4 Å². The summed E-state index contributed by atoms with van der Waals surface area (Å²) in [7, 11) is 2.14. The molecule has 162 valence electrons. The Morgan fingerprint density at radius 2 is 1.26 bits per heavy atom. The molecule has 1 rings (SSSR count). The van der Waals surface area contributed by atoms with Crippen LogP contribution in [-0.2, 0) is 0 Å². The number of halogens is 1. The molecule has 0 aromatic heterocycles. The van der Waals surface area contributed by atoms with Gasteiger partial charge < -0.3 is 9.80 Å². The lowest BCUT2D eigenvalue weighted by atomic mass is 10.0. The molecule has 0 amide bonds. The smallest absolute Gasteiger partial charge is 0.0893 e. The molecule has 0 saturated heterocycles. The first-order chi connectivity index (χ1) is 12.7. The summed E-state index contributed by atoms with van der Waals surface area (Å²) < 4.78 is 0. The van der Waals surface area contributed by atoms with E-state index in [0.29, 0.717) is 6.04 Å². The van der Waals surface area contributed by atoms with Gasteiger partial charge in [-0.1, -0.05) is 90.4 Å². The molecule has 0 fully saturated rings. The lowest BCUT2D eigenvalue weighted by Crippen LogP contribution is -2.32. The van der Waals surface area contributed by atoms with Gasteiger partial charge in [-0.05, 0) is 19.1 Å². The van der Waals surface area contributed by atoms with Crippen LogP contribution in [0.1, 0.15) is 104 Å². The molecule has 1 aliphatic heterocycles. The Bertz CT molecular complexity index is 338. The number of nitrogens with zero attached hydrogens (tertiary/aromatic N) is 2. The molecule has 0 spiro atoms. The first-order valence-electron chi connectivity index (χ1n) is 11.5. The molecule has 2 nitrogen and oxygen atoms in total. The average molecular weight is 464 g/mol. The maximum absolute atomic E-state index is 2.44. The highest BCUT2D eigenvalue weighted by molar-refractivity contribution is 8.93. The summed E-state index contributed by atoms with van der Waals surface area (Å²) >= 11 is 2.14. The van der Waals surface area contributed by atoms with Gasteiger partial charge >= 0.3 is 0 Å². The van der Waals surface area contributed by atoms with E-state index in [-0.39, 0.29) is 17.0 Å². The van der Waals surface area contributed by atoms with Crippen molar-refractivity contribution in [2.75, 3.05) is 25.2 Å². The van der Waals surface area contributed by atoms with Gasteiger partial charge in [0.25, 0.3) is 0 Å². The van der Waals surface area contributed by atoms with Gasteiger partial charge in [-0.15, -0.1) is 17.0 Å². The zero-order valence-corrected chi connectivity index (χ0v) is 21.0. The number of rotatable bonds is 18. The molecular formula is C23H47BrN2S. The fourth-order valence-corrected chi connectivity index (χ4v) is 4.69. The Kier molecular flexibility index (Phi) is 19.6. The van der Waals surface area contributed by atoms with Crippen molar-refractivity contribution in [2.45, 2.75) is 110 Å². The van der Waals surface area contributed by atoms with Gasteiger partial charge in [0.15, 0.2) is 0 Å². The summed E-state index contributed by atoms with van der Waals surface area (Å²) in [5.41, 5.74) is 0. The molecule has 0 bridgehead atoms. The molecule has 1 heterocycles. The van der Waals surface area contributed by atoms with E-state index >= 15 is 0 Å². The molecule has 27 heavy (non-hydrogen) atoms. The SMILES string of the molecule is Br.CCCCCCCCCCCCCCCCSCC(C)N1C=CN(C)C1. The van der Waals surface area contributed by atoms with E-state index in [1.807, 2.05) is 0 Å². The van der Waals surface area contributed by atoms with E-state index in [9.17, 15) is 0 Å². The third-order valence-electron chi connectivity index (χ3n) is 5.47. The van der Waals surface area contributed by atoms with Gasteiger partial charge in [0.2, 0.25) is 0 Å². The lowest BCUT2D eigenvalue weighted by Gasteiger charge is -2.25. The molecule has 0 N–H and O–H groups in total. The van der Waals surface area contributed by atoms with Crippen LogP contribution < -0.4 is 0 Å². The first-order valence-corrected chi connectivity index (χ1v) is 12.6. The number of thioether (sulfide) groups is 1. The third kappa shape index (κ3) is 15.7. The fraction of sp³-hybridized carbons (Fsp3) is 0.913. The quantitative estimate of drug-likeness (QED) is 0.191. The van der Waals surface area contributed by atoms with E-state index in [4.69, 9.17) is 0 Å². The highest BCUT2D eigenvalue weighted by Gasteiger charge is 2.14. The molecule has 0 radical (unpaired) electrons. The Morgan fingerprint density at radius 3 is 1.70 bits per heavy atom. The second-order valence-corrected chi connectivity index (χ2v) is 9.38. The normalized spacial score (nSPS) is 14.6. The molecular weight excluding hydrogens is 416 g/mol. The standard InChI is InChI=1S/C23H46N2S.BrH/c1-4-5-6-7-8-9-10-11-12-13-14-15-16-17-20-26-21-23(2)25-19-18-24(3)22-25;/h18-19,23H,4-17,20-22H2,1-3H3;1H. The first kappa shape index (κ1) is 27.2. The minimum Gasteiger partial charge on any atom is -0.362 e. The van der Waals surface area contributed by atoms with E-state index < -0.39 is 0 Å². The Morgan fingerprint density at radius 1 is 0.778 bits per heavy atom. The van der Waals surface area contributed by atoms with Crippen LogP contribution >= 0.6 is 28.7 Å². The highest BCUT2D eigenvalue weighted by atomic mass is 79.9. The average Bonchev–Trinajstić information content (AvgIpc) is 3.07. The third-order valence-corrected chi connectivity index (χ3v) is 6.76. The zero-order chi connectivity index (χ0) is 18.9. The second kappa shape index (κ2) is 19.5. The minimum atomic E-state index is 0. The minimum absolute atomic E-state index is 0. The van der Waals surface area contributed by atoms with Crippen LogP contribution in [0.5, 0.6) is 0 Å². The Balaban J connectivity index is 0.00000676. The van der Waals surface area contributed by atoms with Crippen molar-refractivity contribution >= 4 is 28.7 Å². The van der Waals surface area contributed by atoms with Crippen LogP contribution in [-0.4, -0.2) is 41.1 Å². The van der Waals surface area contributed by atoms with Crippen LogP contribution in [0.3, 0.4) is 0 Å². The van der Waals surface area contributed by atoms with Crippen molar-refractivity contribution in [3.63, 3.8) is 0 Å². The van der Waals surface area contributed by atoms with Crippen molar-refractivity contribution in [1.82, 2.24) is 9.80 Å². The summed E-state index contributed by atoms with van der Waals surface area (Å²) in [4.78, 5) is 4.69. The summed E-state index contributed by atoms with van der Waals surface area (Å²) in [6, 6.07) is 0.660. The maximum atomic E-state index is 2.44. The predicted octanol–water partition coefficient (Wildman–Crippen LogP) is 7.84. The predicted molar refractivity (Wildman–Crippen MR) is 131 cm³/mol. The Hall–Kier alpha value is 0.170. The largest absolute Gasteiger partial charge is 0.362 e. The molecule has 1 aliphatic rings. The topological polar surface area (TPSA) is 6.48 Å². The van der Waals surface area contributed by atoms with Crippen molar-refractivity contribution < 1.29 is 0 Å². The lowest BCUT2D eigenvalue weighted by molar-refractivity contribution is 0.257. The molecule has 1 unspecified atom stereocenters. The van der Waals surface area contributed by atoms with Gasteiger partial charge in [0.05, 0.1) is 6.67 Å². The van der Waals surface area contributed by atoms with Gasteiger partial charge in [-0.2, -0.15) is 11.8 Å². The number of hydrogen-bond donors (Lipinski definition) is 0. The van der Waals surface area contributed by atoms with Crippen molar-refractivity contribution in [2.24, 2.45) is 0 Å². The number of unbranched alkanes of at least 4 members (excludes halogenated alkanes) is 13. The van der Waals surface area contributed by atoms with Crippen LogP contribution in [0.15, 0.2) is 12.4 Å². The molecule has 0 aliphatic carbocycles. The molecule has 0 aromatic rings. The van der Waals surface area contributed by atoms with Gasteiger partial charge in [-0.3, -0.25) is 0 Å². The van der Waals surface area contributed by atoms with E-state index in [0.717, 1.165) is 6.67 Å². The van der Waals surface area contributed by atoms with Gasteiger partial charge in [-0.25, -0.2) is 0 Å². The number of hydrogen-bond acceptors (Lipinski definition) is 3. The molecule has 0 saturated carbocycles. The van der Waals surface area contributed by atoms with E-state index in [2.05, 4.69) is 54.9 Å². The summed E-state index contributed by atoms with van der Waals surface area (Å²) in [5.74, 6) is 2.60. The Labute approximate surface area is 185 Å². The summed E-state index contributed by atoms with van der Waals surface area (Å²) in [5, 5.41) is 0. The van der Waals surface area contributed by atoms with E-state index in [1.54, 1.807) is 0 Å². The monoisotopic (exact) mass is 462 g/mol. The zero-order valence-electron chi connectivity index (χ0n) is 18.5. The summed E-state index contributed by atoms with van der Waals surface area (Å²) in [6.07, 6.45) is 24.7. The maximum Gasteiger partial charge on any atom is 0.0893 e. The second-order valence-electron chi connectivity index (χ2n) is 8.23. The van der Waals surface area contributed by atoms with Crippen LogP contribution in [0, 0.1) is 0 Å².